The summed E-state index contributed by atoms with van der Waals surface area (Å²) in [4.78, 5) is 14.9. The molecule has 2 aliphatic rings. The van der Waals surface area contributed by atoms with Crippen molar-refractivity contribution in [3.05, 3.63) is 95.6 Å². The summed E-state index contributed by atoms with van der Waals surface area (Å²) >= 11 is 1.02. The van der Waals surface area contributed by atoms with Crippen molar-refractivity contribution >= 4 is 23.4 Å². The molecule has 2 saturated heterocycles. The normalized spacial score (nSPS) is 28.7. The van der Waals surface area contributed by atoms with Crippen LogP contribution in [0.1, 0.15) is 36.1 Å². The minimum atomic E-state index is -1.48. The number of nitrogens with zero attached hydrogens (tertiary/aromatic N) is 1. The van der Waals surface area contributed by atoms with Crippen molar-refractivity contribution in [3.63, 3.8) is 0 Å². The molecule has 0 aliphatic carbocycles. The van der Waals surface area contributed by atoms with E-state index in [4.69, 9.17) is 4.74 Å². The van der Waals surface area contributed by atoms with Gasteiger partial charge in [0.25, 0.3) is 0 Å². The zero-order chi connectivity index (χ0) is 29.3. The number of β-lactam (4-membered cyclic amide) rings is 1. The fraction of sp³-hybridized carbons (Fsp3) is 0.367. The number of ether oxygens (including phenoxy) is 1. The van der Waals surface area contributed by atoms with E-state index in [-0.39, 0.29) is 12.3 Å². The quantitative estimate of drug-likeness (QED) is 0.242. The van der Waals surface area contributed by atoms with Gasteiger partial charge in [-0.05, 0) is 72.5 Å². The fourth-order valence-corrected chi connectivity index (χ4v) is 6.57. The first-order valence-electron chi connectivity index (χ1n) is 13.3. The number of hydrogen-bond donors (Lipinski definition) is 5. The van der Waals surface area contributed by atoms with Crippen molar-refractivity contribution in [2.45, 2.75) is 54.0 Å². The summed E-state index contributed by atoms with van der Waals surface area (Å²) in [6.07, 6.45) is -4.41. The zero-order valence-electron chi connectivity index (χ0n) is 21.8. The van der Waals surface area contributed by atoms with Crippen LogP contribution in [0, 0.1) is 17.6 Å². The number of carbonyl (C=O) groups excluding carboxylic acids is 1. The lowest BCUT2D eigenvalue weighted by Crippen LogP contribution is -2.55. The number of hydrogen-bond acceptors (Lipinski definition) is 8. The summed E-state index contributed by atoms with van der Waals surface area (Å²) in [7, 11) is 0. The van der Waals surface area contributed by atoms with Gasteiger partial charge in [-0.1, -0.05) is 24.3 Å². The molecule has 2 heterocycles. The summed E-state index contributed by atoms with van der Waals surface area (Å²) in [5, 5.41) is 49.9. The number of halogens is 2. The van der Waals surface area contributed by atoms with Crippen molar-refractivity contribution in [1.29, 1.82) is 0 Å². The van der Waals surface area contributed by atoms with Gasteiger partial charge in [-0.3, -0.25) is 4.79 Å². The molecule has 5 rings (SSSR count). The van der Waals surface area contributed by atoms with Gasteiger partial charge in [0.05, 0.1) is 36.0 Å². The monoisotopic (exact) mass is 587 g/mol. The second-order valence-corrected chi connectivity index (χ2v) is 11.6. The molecule has 1 amide bonds. The van der Waals surface area contributed by atoms with Crippen LogP contribution in [0.3, 0.4) is 0 Å². The van der Waals surface area contributed by atoms with Gasteiger partial charge in [-0.2, -0.15) is 0 Å². The molecule has 2 fully saturated rings. The Morgan fingerprint density at radius 2 is 1.46 bits per heavy atom. The van der Waals surface area contributed by atoms with E-state index in [1.165, 1.54) is 48.5 Å². The van der Waals surface area contributed by atoms with E-state index < -0.39 is 65.3 Å². The average molecular weight is 588 g/mol. The molecule has 8 nitrogen and oxygen atoms in total. The molecule has 8 atom stereocenters. The standard InChI is InChI=1S/C30H31F2NO7S/c31-18-5-1-16(2-6-18)23(35)14-13-22-25(33(29(22)39)20-9-7-19(32)8-10-20)17-3-11-21(12-4-17)40-30-28(38)27(37)26(36)24(15-34)41-30/h1-12,22-28,30,34-38H,13-15H2/t22-,23+,24-,25-,26-,27+,28-,30-/m1/s1. The number of benzene rings is 3. The first-order chi connectivity index (χ1) is 19.7. The molecule has 11 heteroatoms. The molecule has 3 aromatic rings. The molecule has 0 unspecified atom stereocenters. The summed E-state index contributed by atoms with van der Waals surface area (Å²) in [5.74, 6) is -1.11. The van der Waals surface area contributed by atoms with Crippen molar-refractivity contribution in [3.8, 4) is 5.75 Å². The first-order valence-corrected chi connectivity index (χ1v) is 14.2. The number of aliphatic hydroxyl groups is 5. The summed E-state index contributed by atoms with van der Waals surface area (Å²) < 4.78 is 32.7. The van der Waals surface area contributed by atoms with Gasteiger partial charge in [0.1, 0.15) is 29.6 Å². The van der Waals surface area contributed by atoms with Gasteiger partial charge >= 0.3 is 0 Å². The van der Waals surface area contributed by atoms with E-state index in [1.54, 1.807) is 29.2 Å². The van der Waals surface area contributed by atoms with Crippen molar-refractivity contribution in [2.75, 3.05) is 11.5 Å². The Bertz CT molecular complexity index is 1330. The van der Waals surface area contributed by atoms with E-state index in [0.717, 1.165) is 17.3 Å². The number of rotatable bonds is 9. The van der Waals surface area contributed by atoms with Crippen LogP contribution in [-0.4, -0.2) is 67.0 Å². The van der Waals surface area contributed by atoms with Crippen LogP contribution in [0.2, 0.25) is 0 Å². The Morgan fingerprint density at radius 3 is 2.07 bits per heavy atom. The summed E-state index contributed by atoms with van der Waals surface area (Å²) in [6.45, 7) is -0.402. The number of aliphatic hydroxyl groups excluding tert-OH is 5. The highest BCUT2D eigenvalue weighted by molar-refractivity contribution is 8.00. The molecule has 3 aromatic carbocycles. The lowest BCUT2D eigenvalue weighted by Gasteiger charge is -2.48. The highest BCUT2D eigenvalue weighted by Gasteiger charge is 2.49. The lowest BCUT2D eigenvalue weighted by atomic mass is 9.78. The maximum atomic E-state index is 13.6. The van der Waals surface area contributed by atoms with Gasteiger partial charge in [-0.15, -0.1) is 11.8 Å². The van der Waals surface area contributed by atoms with Crippen LogP contribution in [0.25, 0.3) is 0 Å². The highest BCUT2D eigenvalue weighted by Crippen LogP contribution is 2.46. The SMILES string of the molecule is O=C1[C@H](CC[C@H](O)c2ccc(F)cc2)[C@@H](c2ccc(O[C@@H]3S[C@H](CO)[C@@H](O)[C@H](O)[C@H]3O)cc2)N1c1ccc(F)cc1. The predicted octanol–water partition coefficient (Wildman–Crippen LogP) is 3.08. The van der Waals surface area contributed by atoms with Crippen molar-refractivity contribution in [1.82, 2.24) is 0 Å². The topological polar surface area (TPSA) is 131 Å². The van der Waals surface area contributed by atoms with E-state index in [2.05, 4.69) is 0 Å². The second-order valence-electron chi connectivity index (χ2n) is 10.3. The highest BCUT2D eigenvalue weighted by atomic mass is 32.2. The molecular weight excluding hydrogens is 556 g/mol. The molecule has 0 bridgehead atoms. The lowest BCUT2D eigenvalue weighted by molar-refractivity contribution is -0.131. The van der Waals surface area contributed by atoms with E-state index in [9.17, 15) is 39.1 Å². The Labute approximate surface area is 239 Å². The third-order valence-electron chi connectivity index (χ3n) is 7.65. The molecule has 0 radical (unpaired) electrons. The minimum absolute atomic E-state index is 0.169. The molecule has 5 N–H and O–H groups in total. The van der Waals surface area contributed by atoms with Crippen LogP contribution in [0.15, 0.2) is 72.8 Å². The van der Waals surface area contributed by atoms with Gasteiger partial charge in [0.2, 0.25) is 5.91 Å². The molecular formula is C30H31F2NO7S. The largest absolute Gasteiger partial charge is 0.477 e. The maximum Gasteiger partial charge on any atom is 0.233 e. The van der Waals surface area contributed by atoms with Gasteiger partial charge < -0.3 is 35.2 Å². The van der Waals surface area contributed by atoms with Gasteiger partial charge in [0, 0.05) is 5.69 Å². The third-order valence-corrected chi connectivity index (χ3v) is 9.07. The molecule has 0 aromatic heterocycles. The summed E-state index contributed by atoms with van der Waals surface area (Å²) in [5.41, 5.74) is 0.915. The van der Waals surface area contributed by atoms with Gasteiger partial charge in [-0.25, -0.2) is 8.78 Å². The molecule has 0 saturated carbocycles. The van der Waals surface area contributed by atoms with Crippen LogP contribution < -0.4 is 9.64 Å². The average Bonchev–Trinajstić information content (AvgIpc) is 2.98. The smallest absolute Gasteiger partial charge is 0.233 e. The maximum absolute atomic E-state index is 13.6. The van der Waals surface area contributed by atoms with Crippen LogP contribution in [0.4, 0.5) is 14.5 Å². The van der Waals surface area contributed by atoms with E-state index in [1.807, 2.05) is 0 Å². The van der Waals surface area contributed by atoms with E-state index >= 15 is 0 Å². The van der Waals surface area contributed by atoms with E-state index in [0.29, 0.717) is 23.4 Å². The van der Waals surface area contributed by atoms with Crippen molar-refractivity contribution < 1.29 is 43.8 Å². The Morgan fingerprint density at radius 1 is 0.854 bits per heavy atom. The molecule has 0 spiro atoms. The number of carbonyl (C=O) groups is 1. The van der Waals surface area contributed by atoms with Crippen LogP contribution in [0.5, 0.6) is 5.75 Å². The van der Waals surface area contributed by atoms with Crippen LogP contribution >= 0.6 is 11.8 Å². The minimum Gasteiger partial charge on any atom is -0.477 e. The number of amides is 1. The van der Waals surface area contributed by atoms with Crippen LogP contribution in [-0.2, 0) is 4.79 Å². The molecule has 41 heavy (non-hydrogen) atoms. The predicted molar refractivity (Wildman–Crippen MR) is 148 cm³/mol. The Hall–Kier alpha value is -3.06. The fourth-order valence-electron chi connectivity index (χ4n) is 5.33. The van der Waals surface area contributed by atoms with Crippen molar-refractivity contribution in [2.24, 2.45) is 5.92 Å². The Balaban J connectivity index is 1.33. The number of anilines is 1. The molecule has 2 aliphatic heterocycles. The van der Waals surface area contributed by atoms with Gasteiger partial charge in [0.15, 0.2) is 5.44 Å². The first kappa shape index (κ1) is 29.4. The third kappa shape index (κ3) is 6.11. The summed E-state index contributed by atoms with van der Waals surface area (Å²) in [6, 6.07) is 17.6. The zero-order valence-corrected chi connectivity index (χ0v) is 22.6. The molecule has 218 valence electrons. The number of thioether (sulfide) groups is 1. The Kier molecular flexibility index (Phi) is 8.93. The second kappa shape index (κ2) is 12.4.